The maximum absolute atomic E-state index is 13.3. The fourth-order valence-electron chi connectivity index (χ4n) is 2.95. The van der Waals surface area contributed by atoms with Gasteiger partial charge in [0.1, 0.15) is 10.7 Å². The van der Waals surface area contributed by atoms with Gasteiger partial charge in [0, 0.05) is 6.54 Å². The molecule has 30 heavy (non-hydrogen) atoms. The molecule has 1 N–H and O–H groups in total. The molecule has 1 aromatic heterocycles. The van der Waals surface area contributed by atoms with Crippen LogP contribution in [0.25, 0.3) is 17.3 Å². The largest absolute Gasteiger partial charge is 0.348 e. The van der Waals surface area contributed by atoms with Crippen LogP contribution in [0.1, 0.15) is 16.7 Å². The first kappa shape index (κ1) is 21.0. The summed E-state index contributed by atoms with van der Waals surface area (Å²) in [4.78, 5) is 25.9. The number of para-hydroxylation sites is 1. The van der Waals surface area contributed by atoms with Crippen molar-refractivity contribution in [1.29, 1.82) is 5.26 Å². The highest BCUT2D eigenvalue weighted by atomic mass is 32.1. The number of aryl methyl sites for hydroxylation is 2. The Labute approximate surface area is 178 Å². The molecular formula is C24H21N3O2S. The topological polar surface area (TPSA) is 74.9 Å². The van der Waals surface area contributed by atoms with Crippen LogP contribution in [0.2, 0.25) is 0 Å². The molecule has 6 heteroatoms. The number of rotatable bonds is 5. The average Bonchev–Trinajstić information content (AvgIpc) is 3.04. The van der Waals surface area contributed by atoms with Crippen molar-refractivity contribution in [1.82, 2.24) is 9.88 Å². The molecular weight excluding hydrogens is 394 g/mol. The molecule has 0 aliphatic carbocycles. The molecule has 2 aromatic carbocycles. The number of nitriles is 1. The molecule has 0 saturated heterocycles. The van der Waals surface area contributed by atoms with Gasteiger partial charge in [0.25, 0.3) is 11.5 Å². The van der Waals surface area contributed by atoms with Gasteiger partial charge in [-0.15, -0.1) is 17.9 Å². The van der Waals surface area contributed by atoms with Gasteiger partial charge in [0.05, 0.1) is 10.2 Å². The first-order valence-electron chi connectivity index (χ1n) is 9.36. The summed E-state index contributed by atoms with van der Waals surface area (Å²) in [6.45, 7) is 7.68. The van der Waals surface area contributed by atoms with E-state index in [2.05, 4.69) is 11.9 Å². The maximum Gasteiger partial charge on any atom is 0.273 e. The van der Waals surface area contributed by atoms with Gasteiger partial charge < -0.3 is 5.32 Å². The van der Waals surface area contributed by atoms with E-state index in [0.717, 1.165) is 28.0 Å². The van der Waals surface area contributed by atoms with Gasteiger partial charge >= 0.3 is 0 Å². The SMILES string of the molecule is C=CCNC(=O)/C(C#N)=c1\s/c(=C\c2ccc(C)cc2)c(=O)n1-c1ccccc1C. The van der Waals surface area contributed by atoms with Gasteiger partial charge in [0.2, 0.25) is 0 Å². The third-order valence-corrected chi connectivity index (χ3v) is 5.61. The average molecular weight is 416 g/mol. The summed E-state index contributed by atoms with van der Waals surface area (Å²) in [6, 6.07) is 17.2. The van der Waals surface area contributed by atoms with Crippen molar-refractivity contribution in [2.75, 3.05) is 6.54 Å². The lowest BCUT2D eigenvalue weighted by atomic mass is 10.1. The minimum atomic E-state index is -0.539. The van der Waals surface area contributed by atoms with Crippen LogP contribution in [0.5, 0.6) is 0 Å². The van der Waals surface area contributed by atoms with E-state index in [0.29, 0.717) is 14.9 Å². The summed E-state index contributed by atoms with van der Waals surface area (Å²) in [5.41, 5.74) is 3.12. The van der Waals surface area contributed by atoms with E-state index in [1.54, 1.807) is 12.1 Å². The lowest BCUT2D eigenvalue weighted by Gasteiger charge is -2.07. The molecule has 3 aromatic rings. The number of carbonyl (C=O) groups is 1. The Morgan fingerprint density at radius 1 is 1.20 bits per heavy atom. The van der Waals surface area contributed by atoms with Crippen LogP contribution < -0.4 is 20.1 Å². The summed E-state index contributed by atoms with van der Waals surface area (Å²) in [5.74, 6) is -0.539. The van der Waals surface area contributed by atoms with E-state index in [1.807, 2.05) is 62.4 Å². The second kappa shape index (κ2) is 9.21. The van der Waals surface area contributed by atoms with Crippen LogP contribution in [-0.2, 0) is 4.79 Å². The number of hydrogen-bond donors (Lipinski definition) is 1. The maximum atomic E-state index is 13.3. The quantitative estimate of drug-likeness (QED) is 0.650. The van der Waals surface area contributed by atoms with E-state index in [4.69, 9.17) is 0 Å². The first-order chi connectivity index (χ1) is 14.5. The number of carbonyl (C=O) groups excluding carboxylic acids is 1. The molecule has 0 fully saturated rings. The van der Waals surface area contributed by atoms with Crippen LogP contribution in [0.3, 0.4) is 0 Å². The van der Waals surface area contributed by atoms with Crippen molar-refractivity contribution >= 4 is 28.9 Å². The molecule has 0 saturated carbocycles. The van der Waals surface area contributed by atoms with Gasteiger partial charge in [0.15, 0.2) is 5.57 Å². The number of aromatic nitrogens is 1. The number of benzene rings is 2. The van der Waals surface area contributed by atoms with Crippen molar-refractivity contribution in [3.05, 3.63) is 97.4 Å². The highest BCUT2D eigenvalue weighted by Crippen LogP contribution is 2.10. The minimum Gasteiger partial charge on any atom is -0.348 e. The Balaban J connectivity index is 2.37. The van der Waals surface area contributed by atoms with Crippen LogP contribution in [-0.4, -0.2) is 17.0 Å². The molecule has 0 aliphatic rings. The van der Waals surface area contributed by atoms with Crippen LogP contribution in [0.15, 0.2) is 66.0 Å². The second-order valence-corrected chi connectivity index (χ2v) is 7.77. The van der Waals surface area contributed by atoms with Gasteiger partial charge in [-0.3, -0.25) is 14.2 Å². The minimum absolute atomic E-state index is 0.106. The predicted molar refractivity (Wildman–Crippen MR) is 121 cm³/mol. The van der Waals surface area contributed by atoms with Gasteiger partial charge in [-0.2, -0.15) is 5.26 Å². The molecule has 1 heterocycles. The summed E-state index contributed by atoms with van der Waals surface area (Å²) in [7, 11) is 0. The second-order valence-electron chi connectivity index (χ2n) is 6.74. The Kier molecular flexibility index (Phi) is 6.45. The van der Waals surface area contributed by atoms with Crippen LogP contribution in [0.4, 0.5) is 0 Å². The smallest absolute Gasteiger partial charge is 0.273 e. The monoisotopic (exact) mass is 415 g/mol. The zero-order valence-corrected chi connectivity index (χ0v) is 17.6. The summed E-state index contributed by atoms with van der Waals surface area (Å²) in [5, 5.41) is 12.3. The third-order valence-electron chi connectivity index (χ3n) is 4.51. The number of thiazole rings is 1. The number of nitrogens with one attached hydrogen (secondary N) is 1. The highest BCUT2D eigenvalue weighted by molar-refractivity contribution is 7.07. The zero-order valence-electron chi connectivity index (χ0n) is 16.8. The van der Waals surface area contributed by atoms with E-state index in [-0.39, 0.29) is 17.7 Å². The fourth-order valence-corrected chi connectivity index (χ4v) is 4.04. The molecule has 5 nitrogen and oxygen atoms in total. The molecule has 1 amide bonds. The number of nitrogens with zero attached hydrogens (tertiary/aromatic N) is 2. The molecule has 0 atom stereocenters. The standard InChI is InChI=1S/C24H21N3O2S/c1-4-13-26-22(28)19(15-25)24-27(20-8-6-5-7-17(20)3)23(29)21(30-24)14-18-11-9-16(2)10-12-18/h4-12,14H,1,13H2,2-3H3,(H,26,28)/b21-14-,24-19-. The molecule has 0 radical (unpaired) electrons. The van der Waals surface area contributed by atoms with Gasteiger partial charge in [-0.25, -0.2) is 0 Å². The first-order valence-corrected chi connectivity index (χ1v) is 10.2. The van der Waals surface area contributed by atoms with Gasteiger partial charge in [-0.05, 0) is 37.1 Å². The molecule has 0 spiro atoms. The van der Waals surface area contributed by atoms with E-state index >= 15 is 0 Å². The number of amides is 1. The molecule has 0 aliphatic heterocycles. The normalized spacial score (nSPS) is 12.2. The van der Waals surface area contributed by atoms with Crippen molar-refractivity contribution < 1.29 is 4.79 Å². The predicted octanol–water partition coefficient (Wildman–Crippen LogP) is 2.32. The van der Waals surface area contributed by atoms with Crippen molar-refractivity contribution in [3.63, 3.8) is 0 Å². The molecule has 0 unspecified atom stereocenters. The van der Waals surface area contributed by atoms with Crippen molar-refractivity contribution in [2.45, 2.75) is 13.8 Å². The Bertz CT molecular complexity index is 1320. The van der Waals surface area contributed by atoms with Crippen LogP contribution in [0, 0.1) is 25.2 Å². The molecule has 3 rings (SSSR count). The lowest BCUT2D eigenvalue weighted by molar-refractivity contribution is -0.115. The Hall–Kier alpha value is -3.69. The van der Waals surface area contributed by atoms with Gasteiger partial charge in [-0.1, -0.05) is 54.1 Å². The highest BCUT2D eigenvalue weighted by Gasteiger charge is 2.17. The third kappa shape index (κ3) is 4.32. The van der Waals surface area contributed by atoms with E-state index in [1.165, 1.54) is 10.6 Å². The zero-order chi connectivity index (χ0) is 21.7. The van der Waals surface area contributed by atoms with E-state index < -0.39 is 5.91 Å². The Morgan fingerprint density at radius 2 is 1.90 bits per heavy atom. The van der Waals surface area contributed by atoms with Crippen LogP contribution >= 0.6 is 11.3 Å². The number of hydrogen-bond acceptors (Lipinski definition) is 4. The fraction of sp³-hybridized carbons (Fsp3) is 0.125. The summed E-state index contributed by atoms with van der Waals surface area (Å²) in [6.07, 6.45) is 3.31. The summed E-state index contributed by atoms with van der Waals surface area (Å²) < 4.78 is 2.20. The molecule has 150 valence electrons. The molecule has 0 bridgehead atoms. The van der Waals surface area contributed by atoms with Crippen molar-refractivity contribution in [3.8, 4) is 11.8 Å². The van der Waals surface area contributed by atoms with Crippen molar-refractivity contribution in [2.24, 2.45) is 0 Å². The lowest BCUT2D eigenvalue weighted by Crippen LogP contribution is -2.34. The van der Waals surface area contributed by atoms with E-state index in [9.17, 15) is 14.9 Å². The summed E-state index contributed by atoms with van der Waals surface area (Å²) >= 11 is 1.13. The Morgan fingerprint density at radius 3 is 2.53 bits per heavy atom.